The number of ether oxygens (including phenoxy) is 2. The normalized spacial score (nSPS) is 19.4. The molecule has 1 aromatic heterocycles. The highest BCUT2D eigenvalue weighted by Gasteiger charge is 2.33. The smallest absolute Gasteiger partial charge is 0.414 e. The van der Waals surface area contributed by atoms with E-state index in [9.17, 15) is 14.7 Å². The lowest BCUT2D eigenvalue weighted by atomic mass is 9.95. The lowest BCUT2D eigenvalue weighted by Gasteiger charge is -2.34. The molecule has 0 spiro atoms. The number of benzene rings is 2. The van der Waals surface area contributed by atoms with Crippen LogP contribution in [0.4, 0.5) is 10.5 Å². The van der Waals surface area contributed by atoms with Crippen molar-refractivity contribution in [1.82, 2.24) is 9.55 Å². The maximum absolute atomic E-state index is 12.6. The first-order valence-corrected chi connectivity index (χ1v) is 12.2. The van der Waals surface area contributed by atoms with E-state index in [1.54, 1.807) is 4.90 Å². The molecule has 3 aromatic rings. The highest BCUT2D eigenvalue weighted by Crippen LogP contribution is 2.39. The Morgan fingerprint density at radius 1 is 1.14 bits per heavy atom. The predicted octanol–water partition coefficient (Wildman–Crippen LogP) is 4.71. The van der Waals surface area contributed by atoms with Crippen molar-refractivity contribution in [3.63, 3.8) is 0 Å². The Balaban J connectivity index is 1.65. The number of anilines is 1. The third-order valence-corrected chi connectivity index (χ3v) is 7.34. The molecular weight excluding hydrogens is 446 g/mol. The fourth-order valence-electron chi connectivity index (χ4n) is 5.53. The van der Waals surface area contributed by atoms with Crippen molar-refractivity contribution in [2.75, 3.05) is 25.2 Å². The third kappa shape index (κ3) is 4.27. The molecule has 0 unspecified atom stereocenters. The van der Waals surface area contributed by atoms with Crippen molar-refractivity contribution in [2.45, 2.75) is 57.0 Å². The van der Waals surface area contributed by atoms with E-state index >= 15 is 0 Å². The van der Waals surface area contributed by atoms with Crippen molar-refractivity contribution in [3.05, 3.63) is 59.4 Å². The summed E-state index contributed by atoms with van der Waals surface area (Å²) < 4.78 is 12.9. The molecule has 0 saturated carbocycles. The molecule has 2 aromatic carbocycles. The highest BCUT2D eigenvalue weighted by molar-refractivity contribution is 5.95. The SMILES string of the molecule is COC(=O)N1c2ccc3c(nc(C[C@@H](C(=O)O)c4ccccc4)n3C3CCOCC3)c2CC[C@@H]1C. The summed E-state index contributed by atoms with van der Waals surface area (Å²) in [7, 11) is 1.40. The van der Waals surface area contributed by atoms with Crippen LogP contribution in [-0.2, 0) is 27.1 Å². The monoisotopic (exact) mass is 477 g/mol. The van der Waals surface area contributed by atoms with Crippen LogP contribution in [0.25, 0.3) is 11.0 Å². The van der Waals surface area contributed by atoms with Crippen LogP contribution in [0.15, 0.2) is 42.5 Å². The Bertz CT molecular complexity index is 1230. The zero-order chi connectivity index (χ0) is 24.5. The van der Waals surface area contributed by atoms with Crippen LogP contribution >= 0.6 is 0 Å². The van der Waals surface area contributed by atoms with E-state index in [4.69, 9.17) is 14.5 Å². The predicted molar refractivity (Wildman–Crippen MR) is 132 cm³/mol. The molecule has 2 atom stereocenters. The van der Waals surface area contributed by atoms with Crippen LogP contribution < -0.4 is 4.90 Å². The second-order valence-electron chi connectivity index (χ2n) is 9.41. The summed E-state index contributed by atoms with van der Waals surface area (Å²) >= 11 is 0. The van der Waals surface area contributed by atoms with Crippen LogP contribution in [0.3, 0.4) is 0 Å². The summed E-state index contributed by atoms with van der Waals surface area (Å²) in [6.07, 6.45) is 3.22. The number of imidazole rings is 1. The number of aryl methyl sites for hydroxylation is 1. The van der Waals surface area contributed by atoms with Crippen LogP contribution in [0, 0.1) is 0 Å². The molecule has 3 heterocycles. The first-order valence-electron chi connectivity index (χ1n) is 12.2. The molecule has 0 radical (unpaired) electrons. The quantitative estimate of drug-likeness (QED) is 0.572. The van der Waals surface area contributed by atoms with Gasteiger partial charge in [-0.15, -0.1) is 0 Å². The standard InChI is InChI=1S/C27H31N3O5/c1-17-8-9-20-22(29(17)27(33)34-2)10-11-23-25(20)28-24(30(23)19-12-14-35-15-13-19)16-21(26(31)32)18-6-4-3-5-7-18/h3-7,10-11,17,19,21H,8-9,12-16H2,1-2H3,(H,31,32)/t17-,21+/m0/s1. The topological polar surface area (TPSA) is 93.9 Å². The minimum absolute atomic E-state index is 0.0268. The number of rotatable bonds is 5. The van der Waals surface area contributed by atoms with Gasteiger partial charge in [0.2, 0.25) is 0 Å². The number of hydrogen-bond acceptors (Lipinski definition) is 5. The molecule has 0 bridgehead atoms. The number of nitrogens with zero attached hydrogens (tertiary/aromatic N) is 3. The summed E-state index contributed by atoms with van der Waals surface area (Å²) in [5.41, 5.74) is 4.44. The second-order valence-corrected chi connectivity index (χ2v) is 9.41. The average Bonchev–Trinajstić information content (AvgIpc) is 3.26. The Labute approximate surface area is 204 Å². The van der Waals surface area contributed by atoms with Gasteiger partial charge in [0.25, 0.3) is 0 Å². The lowest BCUT2D eigenvalue weighted by Crippen LogP contribution is -2.42. The van der Waals surface area contributed by atoms with Gasteiger partial charge in [0.1, 0.15) is 5.82 Å². The Morgan fingerprint density at radius 2 is 1.89 bits per heavy atom. The summed E-state index contributed by atoms with van der Waals surface area (Å²) in [5, 5.41) is 10.1. The van der Waals surface area contributed by atoms with Crippen molar-refractivity contribution < 1.29 is 24.2 Å². The fourth-order valence-corrected chi connectivity index (χ4v) is 5.53. The number of carboxylic acid groups (broad SMARTS) is 1. The maximum atomic E-state index is 12.6. The molecule has 2 aliphatic rings. The Hall–Kier alpha value is -3.39. The van der Waals surface area contributed by atoms with Gasteiger partial charge in [-0.05, 0) is 50.3 Å². The number of aromatic nitrogens is 2. The number of carboxylic acids is 1. The zero-order valence-electron chi connectivity index (χ0n) is 20.1. The summed E-state index contributed by atoms with van der Waals surface area (Å²) in [5.74, 6) is -0.802. The third-order valence-electron chi connectivity index (χ3n) is 7.34. The zero-order valence-corrected chi connectivity index (χ0v) is 20.1. The first kappa shape index (κ1) is 23.4. The Kier molecular flexibility index (Phi) is 6.47. The van der Waals surface area contributed by atoms with Crippen LogP contribution in [0.5, 0.6) is 0 Å². The van der Waals surface area contributed by atoms with E-state index in [-0.39, 0.29) is 24.6 Å². The highest BCUT2D eigenvalue weighted by atomic mass is 16.5. The number of amides is 1. The maximum Gasteiger partial charge on any atom is 0.414 e. The van der Waals surface area contributed by atoms with Crippen LogP contribution in [-0.4, -0.2) is 53.1 Å². The van der Waals surface area contributed by atoms with Crippen molar-refractivity contribution in [1.29, 1.82) is 0 Å². The molecule has 2 aliphatic heterocycles. The van der Waals surface area contributed by atoms with Gasteiger partial charge in [0, 0.05) is 37.3 Å². The molecule has 1 saturated heterocycles. The van der Waals surface area contributed by atoms with Crippen LogP contribution in [0.2, 0.25) is 0 Å². The number of hydrogen-bond donors (Lipinski definition) is 1. The second kappa shape index (κ2) is 9.70. The van der Waals surface area contributed by atoms with Gasteiger partial charge in [-0.2, -0.15) is 0 Å². The molecule has 1 N–H and O–H groups in total. The van der Waals surface area contributed by atoms with E-state index in [1.165, 1.54) is 7.11 Å². The average molecular weight is 478 g/mol. The number of fused-ring (bicyclic) bond motifs is 3. The molecular formula is C27H31N3O5. The fraction of sp³-hybridized carbons (Fsp3) is 0.444. The summed E-state index contributed by atoms with van der Waals surface area (Å²) in [6.45, 7) is 3.36. The van der Waals surface area contributed by atoms with Gasteiger partial charge in [-0.1, -0.05) is 30.3 Å². The molecule has 0 aliphatic carbocycles. The van der Waals surface area contributed by atoms with Crippen molar-refractivity contribution in [2.24, 2.45) is 0 Å². The summed E-state index contributed by atoms with van der Waals surface area (Å²) in [6, 6.07) is 13.6. The molecule has 8 nitrogen and oxygen atoms in total. The first-order chi connectivity index (χ1) is 17.0. The van der Waals surface area contributed by atoms with Crippen molar-refractivity contribution >= 4 is 28.8 Å². The van der Waals surface area contributed by atoms with Gasteiger partial charge in [-0.3, -0.25) is 9.69 Å². The largest absolute Gasteiger partial charge is 0.481 e. The number of aliphatic carboxylic acids is 1. The summed E-state index contributed by atoms with van der Waals surface area (Å²) in [4.78, 5) is 31.7. The molecule has 1 fully saturated rings. The van der Waals surface area contributed by atoms with Gasteiger partial charge in [-0.25, -0.2) is 9.78 Å². The molecule has 35 heavy (non-hydrogen) atoms. The van der Waals surface area contributed by atoms with Gasteiger partial charge in [0.05, 0.1) is 29.7 Å². The van der Waals surface area contributed by atoms with Gasteiger partial charge >= 0.3 is 12.1 Å². The van der Waals surface area contributed by atoms with E-state index in [2.05, 4.69) is 4.57 Å². The van der Waals surface area contributed by atoms with Crippen LogP contribution in [0.1, 0.15) is 55.1 Å². The van der Waals surface area contributed by atoms with E-state index in [1.807, 2.05) is 49.4 Å². The van der Waals surface area contributed by atoms with Gasteiger partial charge < -0.3 is 19.1 Å². The van der Waals surface area contributed by atoms with E-state index < -0.39 is 11.9 Å². The Morgan fingerprint density at radius 3 is 2.57 bits per heavy atom. The minimum atomic E-state index is -0.866. The van der Waals surface area contributed by atoms with E-state index in [0.29, 0.717) is 13.2 Å². The number of carbonyl (C=O) groups is 2. The molecule has 5 rings (SSSR count). The molecule has 8 heteroatoms. The number of carbonyl (C=O) groups excluding carboxylic acids is 1. The minimum Gasteiger partial charge on any atom is -0.481 e. The van der Waals surface area contributed by atoms with E-state index in [0.717, 1.165) is 59.4 Å². The lowest BCUT2D eigenvalue weighted by molar-refractivity contribution is -0.138. The number of methoxy groups -OCH3 is 1. The molecule has 184 valence electrons. The van der Waals surface area contributed by atoms with Gasteiger partial charge in [0.15, 0.2) is 0 Å². The van der Waals surface area contributed by atoms with Crippen molar-refractivity contribution in [3.8, 4) is 0 Å². The molecule has 1 amide bonds.